The van der Waals surface area contributed by atoms with E-state index in [2.05, 4.69) is 12.2 Å². The van der Waals surface area contributed by atoms with Gasteiger partial charge in [-0.05, 0) is 49.3 Å². The largest absolute Gasteiger partial charge is 0.379 e. The van der Waals surface area contributed by atoms with Crippen molar-refractivity contribution in [3.05, 3.63) is 29.8 Å². The maximum absolute atomic E-state index is 12.7. The quantitative estimate of drug-likeness (QED) is 0.663. The average Bonchev–Trinajstić information content (AvgIpc) is 3.18. The van der Waals surface area contributed by atoms with Crippen LogP contribution in [0.4, 0.5) is 0 Å². The second-order valence-electron chi connectivity index (χ2n) is 8.17. The third kappa shape index (κ3) is 6.03. The van der Waals surface area contributed by atoms with Crippen LogP contribution in [0, 0.1) is 5.92 Å². The number of nitrogens with one attached hydrogen (secondary N) is 1. The molecule has 2 atom stereocenters. The summed E-state index contributed by atoms with van der Waals surface area (Å²) in [7, 11) is -3.47. The third-order valence-corrected chi connectivity index (χ3v) is 8.02. The molecule has 162 valence electrons. The molecule has 1 amide bonds. The number of aryl methyl sites for hydroxylation is 1. The number of unbranched alkanes of at least 4 members (excludes halogenated alkanes) is 1. The van der Waals surface area contributed by atoms with E-state index < -0.39 is 10.0 Å². The van der Waals surface area contributed by atoms with Crippen molar-refractivity contribution >= 4 is 15.9 Å². The first-order valence-corrected chi connectivity index (χ1v) is 12.4. The van der Waals surface area contributed by atoms with Crippen LogP contribution in [0.25, 0.3) is 0 Å². The highest BCUT2D eigenvalue weighted by Gasteiger charge is 2.28. The molecule has 0 spiro atoms. The molecule has 2 unspecified atom stereocenters. The van der Waals surface area contributed by atoms with Crippen molar-refractivity contribution in [1.29, 1.82) is 0 Å². The Bertz CT molecular complexity index is 758. The number of rotatable bonds is 9. The van der Waals surface area contributed by atoms with Crippen LogP contribution in [-0.2, 0) is 26.0 Å². The van der Waals surface area contributed by atoms with Crippen molar-refractivity contribution in [2.45, 2.75) is 69.2 Å². The van der Waals surface area contributed by atoms with Gasteiger partial charge < -0.3 is 10.1 Å². The molecule has 1 N–H and O–H groups in total. The first-order valence-electron chi connectivity index (χ1n) is 11.0. The zero-order valence-corrected chi connectivity index (χ0v) is 18.3. The van der Waals surface area contributed by atoms with Crippen LogP contribution >= 0.6 is 0 Å². The van der Waals surface area contributed by atoms with Crippen LogP contribution in [0.15, 0.2) is 29.2 Å². The Kier molecular flexibility index (Phi) is 8.09. The molecule has 0 radical (unpaired) electrons. The van der Waals surface area contributed by atoms with E-state index in [-0.39, 0.29) is 5.91 Å². The normalized spacial score (nSPS) is 23.2. The predicted molar refractivity (Wildman–Crippen MR) is 113 cm³/mol. The summed E-state index contributed by atoms with van der Waals surface area (Å²) in [6.07, 6.45) is 8.23. The maximum atomic E-state index is 12.7. The Balaban J connectivity index is 1.49. The summed E-state index contributed by atoms with van der Waals surface area (Å²) in [5.41, 5.74) is 0.982. The Hall–Kier alpha value is -1.44. The molecule has 0 bridgehead atoms. The van der Waals surface area contributed by atoms with Gasteiger partial charge in [0.05, 0.1) is 18.1 Å². The maximum Gasteiger partial charge on any atom is 0.243 e. The number of carbonyl (C=O) groups excluding carboxylic acids is 1. The van der Waals surface area contributed by atoms with E-state index in [9.17, 15) is 13.2 Å². The van der Waals surface area contributed by atoms with Crippen LogP contribution in [-0.4, -0.2) is 51.0 Å². The molecule has 2 fully saturated rings. The molecule has 1 aromatic carbocycles. The number of ether oxygens (including phenoxy) is 1. The highest BCUT2D eigenvalue weighted by molar-refractivity contribution is 7.89. The lowest BCUT2D eigenvalue weighted by Crippen LogP contribution is -2.40. The molecule has 3 rings (SSSR count). The van der Waals surface area contributed by atoms with Crippen LogP contribution in [0.2, 0.25) is 0 Å². The van der Waals surface area contributed by atoms with Gasteiger partial charge in [-0.1, -0.05) is 38.3 Å². The van der Waals surface area contributed by atoms with Gasteiger partial charge in [-0.25, -0.2) is 8.42 Å². The van der Waals surface area contributed by atoms with Crippen molar-refractivity contribution in [2.75, 3.05) is 26.3 Å². The summed E-state index contributed by atoms with van der Waals surface area (Å²) in [6.45, 7) is 3.87. The lowest BCUT2D eigenvalue weighted by molar-refractivity contribution is -0.122. The Labute approximate surface area is 175 Å². The lowest BCUT2D eigenvalue weighted by atomic mass is 9.96. The number of nitrogens with zero attached hydrogens (tertiary/aromatic N) is 1. The molecule has 1 heterocycles. The van der Waals surface area contributed by atoms with Crippen molar-refractivity contribution in [3.8, 4) is 0 Å². The Morgan fingerprint density at radius 1 is 1.17 bits per heavy atom. The van der Waals surface area contributed by atoms with Gasteiger partial charge in [-0.15, -0.1) is 0 Å². The van der Waals surface area contributed by atoms with E-state index in [0.29, 0.717) is 56.0 Å². The van der Waals surface area contributed by atoms with E-state index in [1.54, 1.807) is 12.1 Å². The molecular formula is C22H34N2O4S. The minimum atomic E-state index is -3.47. The van der Waals surface area contributed by atoms with Crippen molar-refractivity contribution in [2.24, 2.45) is 5.92 Å². The molecule has 0 aromatic heterocycles. The molecule has 7 heteroatoms. The molecule has 1 aliphatic heterocycles. The molecule has 1 saturated carbocycles. The van der Waals surface area contributed by atoms with Crippen LogP contribution in [0.3, 0.4) is 0 Å². The van der Waals surface area contributed by atoms with Gasteiger partial charge in [-0.2, -0.15) is 4.31 Å². The number of hydrogen-bond donors (Lipinski definition) is 1. The smallest absolute Gasteiger partial charge is 0.243 e. The van der Waals surface area contributed by atoms with E-state index in [0.717, 1.165) is 12.0 Å². The molecule has 29 heavy (non-hydrogen) atoms. The summed E-state index contributed by atoms with van der Waals surface area (Å²) >= 11 is 0. The van der Waals surface area contributed by atoms with Crippen LogP contribution < -0.4 is 5.32 Å². The second kappa shape index (κ2) is 10.5. The highest BCUT2D eigenvalue weighted by atomic mass is 32.2. The van der Waals surface area contributed by atoms with Crippen LogP contribution in [0.1, 0.15) is 57.4 Å². The first-order chi connectivity index (χ1) is 14.0. The monoisotopic (exact) mass is 422 g/mol. The number of sulfonamides is 1. The van der Waals surface area contributed by atoms with Gasteiger partial charge in [0.1, 0.15) is 0 Å². The number of hydrogen-bond acceptors (Lipinski definition) is 4. The molecule has 1 aliphatic carbocycles. The van der Waals surface area contributed by atoms with Gasteiger partial charge >= 0.3 is 0 Å². The second-order valence-corrected chi connectivity index (χ2v) is 10.1. The molecule has 6 nitrogen and oxygen atoms in total. The fourth-order valence-corrected chi connectivity index (χ4v) is 5.75. The van der Waals surface area contributed by atoms with Crippen molar-refractivity contribution in [3.63, 3.8) is 0 Å². The average molecular weight is 423 g/mol. The fraction of sp³-hybridized carbons (Fsp3) is 0.682. The summed E-state index contributed by atoms with van der Waals surface area (Å²) in [5.74, 6) is 0.729. The number of benzene rings is 1. The standard InChI is InChI=1S/C22H34N2O4S/c1-2-3-5-19-6-4-7-21(19)23-22(25)13-10-18-8-11-20(12-9-18)29(26,27)24-14-16-28-17-15-24/h8-9,11-12,19,21H,2-7,10,13-17H2,1H3,(H,23,25). The van der Waals surface area contributed by atoms with E-state index in [1.165, 1.54) is 36.4 Å². The zero-order valence-electron chi connectivity index (χ0n) is 17.4. The zero-order chi connectivity index (χ0) is 20.7. The fourth-order valence-electron chi connectivity index (χ4n) is 4.34. The first kappa shape index (κ1) is 22.2. The Morgan fingerprint density at radius 3 is 2.59 bits per heavy atom. The predicted octanol–water partition coefficient (Wildman–Crippen LogP) is 3.12. The van der Waals surface area contributed by atoms with Crippen LogP contribution in [0.5, 0.6) is 0 Å². The van der Waals surface area contributed by atoms with Gasteiger partial charge in [0.2, 0.25) is 15.9 Å². The van der Waals surface area contributed by atoms with Gasteiger partial charge in [0.25, 0.3) is 0 Å². The van der Waals surface area contributed by atoms with Crippen molar-refractivity contribution in [1.82, 2.24) is 9.62 Å². The van der Waals surface area contributed by atoms with E-state index >= 15 is 0 Å². The SMILES string of the molecule is CCCCC1CCCC1NC(=O)CCc1ccc(S(=O)(=O)N2CCOCC2)cc1. The van der Waals surface area contributed by atoms with E-state index in [4.69, 9.17) is 4.74 Å². The summed E-state index contributed by atoms with van der Waals surface area (Å²) in [4.78, 5) is 12.7. The van der Waals surface area contributed by atoms with Gasteiger partial charge in [0, 0.05) is 25.6 Å². The lowest BCUT2D eigenvalue weighted by Gasteiger charge is -2.26. The van der Waals surface area contributed by atoms with E-state index in [1.807, 2.05) is 12.1 Å². The van der Waals surface area contributed by atoms with Gasteiger partial charge in [-0.3, -0.25) is 4.79 Å². The number of morpholine rings is 1. The molecule has 1 aromatic rings. The summed E-state index contributed by atoms with van der Waals surface area (Å²) < 4.78 is 32.0. The number of amides is 1. The molecule has 1 saturated heterocycles. The molecular weight excluding hydrogens is 388 g/mol. The highest BCUT2D eigenvalue weighted by Crippen LogP contribution is 2.30. The topological polar surface area (TPSA) is 75.7 Å². The minimum Gasteiger partial charge on any atom is -0.379 e. The Morgan fingerprint density at radius 2 is 1.90 bits per heavy atom. The van der Waals surface area contributed by atoms with Gasteiger partial charge in [0.15, 0.2) is 0 Å². The van der Waals surface area contributed by atoms with Crippen molar-refractivity contribution < 1.29 is 17.9 Å². The summed E-state index contributed by atoms with van der Waals surface area (Å²) in [5, 5.41) is 3.23. The third-order valence-electron chi connectivity index (χ3n) is 6.11. The molecule has 2 aliphatic rings. The number of carbonyl (C=O) groups is 1. The summed E-state index contributed by atoms with van der Waals surface area (Å²) in [6, 6.07) is 7.27. The minimum absolute atomic E-state index is 0.100.